The number of nitrogens with zero attached hydrogens (tertiary/aromatic N) is 8. The highest BCUT2D eigenvalue weighted by atomic mass is 16.3. The Bertz CT molecular complexity index is 936. The molecule has 2 aromatic rings. The lowest BCUT2D eigenvalue weighted by Crippen LogP contribution is -2.42. The van der Waals surface area contributed by atoms with Crippen LogP contribution in [0.4, 0.5) is 0 Å². The first-order valence-electron chi connectivity index (χ1n) is 10.4. The van der Waals surface area contributed by atoms with Crippen LogP contribution in [0.5, 0.6) is 0 Å². The molecule has 1 saturated heterocycles. The molecule has 2 aliphatic rings. The van der Waals surface area contributed by atoms with Crippen molar-refractivity contribution in [2.45, 2.75) is 44.7 Å². The number of aromatic nitrogens is 6. The van der Waals surface area contributed by atoms with E-state index in [-0.39, 0.29) is 17.9 Å². The fourth-order valence-corrected chi connectivity index (χ4v) is 4.66. The van der Waals surface area contributed by atoms with E-state index in [1.165, 1.54) is 17.1 Å². The van der Waals surface area contributed by atoms with E-state index in [0.29, 0.717) is 36.9 Å². The predicted octanol–water partition coefficient (Wildman–Crippen LogP) is 0.121. The minimum atomic E-state index is -0.373. The summed E-state index contributed by atoms with van der Waals surface area (Å²) in [5, 5.41) is 20.5. The van der Waals surface area contributed by atoms with Gasteiger partial charge in [-0.2, -0.15) is 4.68 Å². The fraction of sp³-hybridized carbons (Fsp3) is 0.550. The summed E-state index contributed by atoms with van der Waals surface area (Å²) in [6.07, 6.45) is 11.0. The van der Waals surface area contributed by atoms with Gasteiger partial charge >= 0.3 is 0 Å². The normalized spacial score (nSPS) is 24.4. The molecule has 0 atom stereocenters. The number of tetrazole rings is 1. The average Bonchev–Trinajstić information content (AvgIpc) is 3.43. The van der Waals surface area contributed by atoms with Gasteiger partial charge in [-0.05, 0) is 55.7 Å². The van der Waals surface area contributed by atoms with Crippen molar-refractivity contribution in [2.24, 2.45) is 5.41 Å². The SMILES string of the molecule is CN(Cc1cnc(-n2cnnn2)cn1)C1CCC2(CC1)CCN(/C(=C/C=O)CO)C2=O. The number of hydrogen-bond acceptors (Lipinski definition) is 9. The summed E-state index contributed by atoms with van der Waals surface area (Å²) < 4.78 is 1.45. The van der Waals surface area contributed by atoms with Crippen LogP contribution in [0.15, 0.2) is 30.5 Å². The molecule has 0 bridgehead atoms. The highest BCUT2D eigenvalue weighted by Gasteiger charge is 2.49. The van der Waals surface area contributed by atoms with Gasteiger partial charge in [-0.25, -0.2) is 4.98 Å². The number of carbonyl (C=O) groups is 2. The molecule has 4 rings (SSSR count). The highest BCUT2D eigenvalue weighted by Crippen LogP contribution is 2.46. The summed E-state index contributed by atoms with van der Waals surface area (Å²) in [7, 11) is 2.07. The second-order valence-corrected chi connectivity index (χ2v) is 8.21. The summed E-state index contributed by atoms with van der Waals surface area (Å²) in [5.74, 6) is 0.603. The standard InChI is InChI=1S/C20H26N8O3/c1-26(12-15-10-22-18(11-21-15)28-14-23-24-25-28)16-2-5-20(6-3-16)7-8-27(19(20)31)17(13-30)4-9-29/h4,9-11,14,16,30H,2-3,5-8,12-13H2,1H3/b17-4+. The molecule has 1 N–H and O–H groups in total. The number of rotatable bonds is 7. The van der Waals surface area contributed by atoms with Crippen molar-refractivity contribution in [1.82, 2.24) is 40.0 Å². The summed E-state index contributed by atoms with van der Waals surface area (Å²) in [4.78, 5) is 36.5. The molecule has 0 aromatic carbocycles. The van der Waals surface area contributed by atoms with E-state index in [1.807, 2.05) is 0 Å². The predicted molar refractivity (Wildman–Crippen MR) is 108 cm³/mol. The maximum atomic E-state index is 13.1. The highest BCUT2D eigenvalue weighted by molar-refractivity contribution is 5.87. The van der Waals surface area contributed by atoms with Crippen LogP contribution in [-0.4, -0.2) is 83.5 Å². The molecule has 31 heavy (non-hydrogen) atoms. The Hall–Kier alpha value is -3.05. The van der Waals surface area contributed by atoms with E-state index in [2.05, 4.69) is 37.4 Å². The Balaban J connectivity index is 1.34. The Kier molecular flexibility index (Phi) is 6.14. The Labute approximate surface area is 179 Å². The molecule has 11 heteroatoms. The molecule has 1 aliphatic heterocycles. The first kappa shape index (κ1) is 21.2. The molecule has 0 radical (unpaired) electrons. The van der Waals surface area contributed by atoms with Gasteiger partial charge in [-0.15, -0.1) is 5.10 Å². The zero-order chi connectivity index (χ0) is 21.8. The second kappa shape index (κ2) is 8.98. The van der Waals surface area contributed by atoms with Gasteiger partial charge in [0.25, 0.3) is 0 Å². The summed E-state index contributed by atoms with van der Waals surface area (Å²) in [6.45, 7) is 0.916. The van der Waals surface area contributed by atoms with E-state index in [1.54, 1.807) is 17.3 Å². The second-order valence-electron chi connectivity index (χ2n) is 8.21. The van der Waals surface area contributed by atoms with Crippen molar-refractivity contribution in [3.63, 3.8) is 0 Å². The Morgan fingerprint density at radius 3 is 2.71 bits per heavy atom. The molecule has 1 aliphatic carbocycles. The zero-order valence-electron chi connectivity index (χ0n) is 17.5. The minimum absolute atomic E-state index is 0.0415. The van der Waals surface area contributed by atoms with Crippen LogP contribution in [0.2, 0.25) is 0 Å². The molecule has 11 nitrogen and oxygen atoms in total. The third kappa shape index (κ3) is 4.23. The first-order valence-corrected chi connectivity index (χ1v) is 10.4. The van der Waals surface area contributed by atoms with Crippen LogP contribution in [0.3, 0.4) is 0 Å². The molecule has 1 saturated carbocycles. The largest absolute Gasteiger partial charge is 0.390 e. The lowest BCUT2D eigenvalue weighted by molar-refractivity contribution is -0.136. The fourth-order valence-electron chi connectivity index (χ4n) is 4.66. The first-order chi connectivity index (χ1) is 15.1. The average molecular weight is 426 g/mol. The summed E-state index contributed by atoms with van der Waals surface area (Å²) in [5.41, 5.74) is 0.871. The quantitative estimate of drug-likeness (QED) is 0.484. The van der Waals surface area contributed by atoms with Crippen LogP contribution in [-0.2, 0) is 16.1 Å². The molecule has 1 spiro atoms. The molecular weight excluding hydrogens is 400 g/mol. The van der Waals surface area contributed by atoms with E-state index >= 15 is 0 Å². The van der Waals surface area contributed by atoms with Crippen molar-refractivity contribution >= 4 is 12.2 Å². The van der Waals surface area contributed by atoms with Gasteiger partial charge in [0, 0.05) is 24.8 Å². The van der Waals surface area contributed by atoms with Crippen molar-refractivity contribution in [3.05, 3.63) is 36.2 Å². The van der Waals surface area contributed by atoms with Gasteiger partial charge in [0.15, 0.2) is 5.82 Å². The number of likely N-dealkylation sites (tertiary alicyclic amines) is 1. The van der Waals surface area contributed by atoms with Crippen LogP contribution in [0.1, 0.15) is 37.8 Å². The zero-order valence-corrected chi connectivity index (χ0v) is 17.5. The number of aliphatic hydroxyl groups excluding tert-OH is 1. The van der Waals surface area contributed by atoms with Gasteiger partial charge < -0.3 is 10.0 Å². The maximum absolute atomic E-state index is 13.1. The lowest BCUT2D eigenvalue weighted by Gasteiger charge is -2.39. The summed E-state index contributed by atoms with van der Waals surface area (Å²) in [6, 6.07) is 0.358. The van der Waals surface area contributed by atoms with Crippen molar-refractivity contribution < 1.29 is 14.7 Å². The number of allylic oxidation sites excluding steroid dienone is 1. The summed E-state index contributed by atoms with van der Waals surface area (Å²) >= 11 is 0. The third-order valence-corrected chi connectivity index (χ3v) is 6.50. The van der Waals surface area contributed by atoms with Gasteiger partial charge in [0.1, 0.15) is 12.6 Å². The van der Waals surface area contributed by atoms with Crippen molar-refractivity contribution in [1.29, 1.82) is 0 Å². The van der Waals surface area contributed by atoms with Gasteiger partial charge in [0.2, 0.25) is 5.91 Å². The lowest BCUT2D eigenvalue weighted by atomic mass is 9.71. The van der Waals surface area contributed by atoms with E-state index in [9.17, 15) is 14.7 Å². The van der Waals surface area contributed by atoms with Gasteiger partial charge in [0.05, 0.1) is 30.1 Å². The van der Waals surface area contributed by atoms with Crippen molar-refractivity contribution in [3.8, 4) is 5.82 Å². The third-order valence-electron chi connectivity index (χ3n) is 6.50. The topological polar surface area (TPSA) is 130 Å². The maximum Gasteiger partial charge on any atom is 0.233 e. The van der Waals surface area contributed by atoms with E-state index in [0.717, 1.165) is 37.8 Å². The van der Waals surface area contributed by atoms with Gasteiger partial charge in [-0.1, -0.05) is 0 Å². The molecule has 0 unspecified atom stereocenters. The minimum Gasteiger partial charge on any atom is -0.390 e. The molecule has 1 amide bonds. The number of amides is 1. The van der Waals surface area contributed by atoms with Crippen LogP contribution >= 0.6 is 0 Å². The molecule has 164 valence electrons. The van der Waals surface area contributed by atoms with E-state index < -0.39 is 0 Å². The monoisotopic (exact) mass is 426 g/mol. The number of carbonyl (C=O) groups excluding carboxylic acids is 2. The van der Waals surface area contributed by atoms with Crippen LogP contribution in [0.25, 0.3) is 5.82 Å². The number of aliphatic hydroxyl groups is 1. The number of aldehydes is 1. The van der Waals surface area contributed by atoms with E-state index in [4.69, 9.17) is 0 Å². The smallest absolute Gasteiger partial charge is 0.233 e. The van der Waals surface area contributed by atoms with Crippen molar-refractivity contribution in [2.75, 3.05) is 20.2 Å². The van der Waals surface area contributed by atoms with Crippen LogP contribution in [0, 0.1) is 5.41 Å². The molecular formula is C20H26N8O3. The van der Waals surface area contributed by atoms with Crippen LogP contribution < -0.4 is 0 Å². The molecule has 2 fully saturated rings. The number of hydrogen-bond donors (Lipinski definition) is 1. The Morgan fingerprint density at radius 1 is 1.29 bits per heavy atom. The Morgan fingerprint density at radius 2 is 2.10 bits per heavy atom. The molecule has 3 heterocycles. The van der Waals surface area contributed by atoms with Gasteiger partial charge in [-0.3, -0.25) is 19.5 Å². The molecule has 2 aromatic heterocycles.